The van der Waals surface area contributed by atoms with E-state index in [4.69, 9.17) is 16.2 Å². The fourth-order valence-electron chi connectivity index (χ4n) is 13.4. The molecule has 8 aromatic rings. The van der Waals surface area contributed by atoms with Gasteiger partial charge in [-0.05, 0) is 163 Å². The van der Waals surface area contributed by atoms with Crippen molar-refractivity contribution in [3.63, 3.8) is 0 Å². The second kappa shape index (κ2) is 20.1. The van der Waals surface area contributed by atoms with Gasteiger partial charge in [0, 0.05) is 64.8 Å². The van der Waals surface area contributed by atoms with Crippen molar-refractivity contribution in [1.29, 1.82) is 0 Å². The molecule has 3 unspecified atom stereocenters. The number of hydrogen-bond acceptors (Lipinski definition) is 13. The predicted octanol–water partition coefficient (Wildman–Crippen LogP) is 9.30. The van der Waals surface area contributed by atoms with E-state index in [1.807, 2.05) is 78.9 Å². The molecule has 408 valence electrons. The first-order valence-corrected chi connectivity index (χ1v) is 26.9. The van der Waals surface area contributed by atoms with E-state index in [-0.39, 0.29) is 23.3 Å². The van der Waals surface area contributed by atoms with Gasteiger partial charge in [-0.3, -0.25) is 24.7 Å². The van der Waals surface area contributed by atoms with Gasteiger partial charge in [0.25, 0.3) is 0 Å². The Morgan fingerprint density at radius 1 is 0.598 bits per heavy atom. The van der Waals surface area contributed by atoms with Crippen LogP contribution in [0.2, 0.25) is 0 Å². The molecule has 7 aliphatic rings. The number of anilines is 5. The summed E-state index contributed by atoms with van der Waals surface area (Å²) >= 11 is 0. The van der Waals surface area contributed by atoms with Crippen molar-refractivity contribution in [2.45, 2.75) is 85.7 Å². The molecule has 4 aliphatic carbocycles. The number of nitrogens with two attached hydrogens (primary N) is 2. The van der Waals surface area contributed by atoms with Gasteiger partial charge in [0.1, 0.15) is 23.6 Å². The highest BCUT2D eigenvalue weighted by atomic mass is 19.2. The third kappa shape index (κ3) is 8.63. The summed E-state index contributed by atoms with van der Waals surface area (Å²) in [7, 11) is 0. The first-order chi connectivity index (χ1) is 39.8. The maximum absolute atomic E-state index is 14.7. The minimum absolute atomic E-state index is 0.00663. The maximum Gasteiger partial charge on any atom is 0.412 e. The average Bonchev–Trinajstić information content (AvgIpc) is 3.90. The number of halogens is 2. The van der Waals surface area contributed by atoms with Crippen molar-refractivity contribution in [1.82, 2.24) is 19.9 Å². The van der Waals surface area contributed by atoms with E-state index in [1.165, 1.54) is 23.3 Å². The molecule has 4 amide bonds. The molecule has 82 heavy (non-hydrogen) atoms. The number of hydrogen-bond donors (Lipinski definition) is 6. The number of aromatic nitrogens is 4. The number of benzene rings is 4. The minimum Gasteiger partial charge on any atom is -0.439 e. The standard InChI is InChI=1S/C32H27F2N5O3.C16H11N3O2.C15H13N3O/c33-24-7-1-4-20(26(24)34)21-10-11-25(28-22(27(21)35)5-2-12-36-28)42-31(41)38-19-9-8-17-15-32(16-18(17)14-19)23-6-3-13-37-29(23)39-30(32)40;20-9-18-12-4-3-10-7-16(8-11(10)6-12)13-2-1-5-17-14(13)19-15(16)21;16-11-4-3-9-7-15(8-10(9)6-11)12-2-1-5-17-13(12)18-14(15)19/h1-9,12-14,21,25,27H,10-11,15-16,35H2,(H,38,41)(H,37,39,40);1-6H,7-8H2,(H,17,19,21);1-6H,7-8,16H2,(H,17,18,19)/t21-,25+,27-,32?;;/m0../s1. The topological polar surface area (TPSA) is 259 Å². The van der Waals surface area contributed by atoms with Crippen molar-refractivity contribution in [2.24, 2.45) is 10.7 Å². The highest BCUT2D eigenvalue weighted by Crippen LogP contribution is 2.50. The molecule has 3 aliphatic heterocycles. The zero-order chi connectivity index (χ0) is 56.5. The van der Waals surface area contributed by atoms with Crippen molar-refractivity contribution in [3.8, 4) is 0 Å². The van der Waals surface area contributed by atoms with Crippen LogP contribution in [0.5, 0.6) is 0 Å². The lowest BCUT2D eigenvalue weighted by Crippen LogP contribution is -2.35. The summed E-state index contributed by atoms with van der Waals surface area (Å²) in [6.45, 7) is 0. The van der Waals surface area contributed by atoms with Crippen molar-refractivity contribution >= 4 is 64.4 Å². The number of nitrogens with zero attached hydrogens (tertiary/aromatic N) is 5. The fraction of sp³-hybridized carbons (Fsp3) is 0.222. The quantitative estimate of drug-likeness (QED) is 0.0417. The highest BCUT2D eigenvalue weighted by molar-refractivity contribution is 6.08. The van der Waals surface area contributed by atoms with Crippen molar-refractivity contribution < 1.29 is 37.5 Å². The molecule has 8 N–H and O–H groups in total. The zero-order valence-corrected chi connectivity index (χ0v) is 43.8. The second-order valence-corrected chi connectivity index (χ2v) is 21.9. The van der Waals surface area contributed by atoms with E-state index in [1.54, 1.807) is 55.1 Å². The molecular weight excluding hydrogens is 1040 g/mol. The maximum atomic E-state index is 14.7. The number of carbonyl (C=O) groups is 4. The molecule has 0 bridgehead atoms. The Kier molecular flexibility index (Phi) is 12.6. The molecule has 0 radical (unpaired) electrons. The highest BCUT2D eigenvalue weighted by Gasteiger charge is 2.53. The van der Waals surface area contributed by atoms with Crippen LogP contribution in [-0.4, -0.2) is 49.8 Å². The van der Waals surface area contributed by atoms with Crippen LogP contribution in [-0.2, 0) is 78.7 Å². The number of aliphatic imine (C=N–C) groups is 1. The number of ether oxygens (including phenoxy) is 1. The number of isocyanates is 1. The van der Waals surface area contributed by atoms with Gasteiger partial charge in [0.2, 0.25) is 23.8 Å². The van der Waals surface area contributed by atoms with Gasteiger partial charge in [-0.15, -0.1) is 0 Å². The Morgan fingerprint density at radius 2 is 1.10 bits per heavy atom. The Balaban J connectivity index is 0.000000130. The zero-order valence-electron chi connectivity index (χ0n) is 43.8. The third-order valence-electron chi connectivity index (χ3n) is 17.3. The molecule has 0 saturated heterocycles. The Morgan fingerprint density at radius 3 is 1.68 bits per heavy atom. The van der Waals surface area contributed by atoms with Crippen LogP contribution in [0.15, 0.2) is 151 Å². The summed E-state index contributed by atoms with van der Waals surface area (Å²) in [5, 5.41) is 11.5. The molecule has 17 nitrogen and oxygen atoms in total. The summed E-state index contributed by atoms with van der Waals surface area (Å²) in [5.74, 6) is -0.464. The van der Waals surface area contributed by atoms with Crippen LogP contribution < -0.4 is 32.7 Å². The molecule has 6 atom stereocenters. The van der Waals surface area contributed by atoms with Crippen LogP contribution in [0.1, 0.15) is 97.8 Å². The first-order valence-electron chi connectivity index (χ1n) is 26.9. The van der Waals surface area contributed by atoms with E-state index < -0.39 is 52.0 Å². The van der Waals surface area contributed by atoms with E-state index in [0.717, 1.165) is 57.1 Å². The molecule has 4 aromatic heterocycles. The predicted molar refractivity (Wildman–Crippen MR) is 300 cm³/mol. The van der Waals surface area contributed by atoms with Crippen molar-refractivity contribution in [2.75, 3.05) is 27.0 Å². The summed E-state index contributed by atoms with van der Waals surface area (Å²) in [5.41, 5.74) is 23.2. The second-order valence-electron chi connectivity index (χ2n) is 21.9. The van der Waals surface area contributed by atoms with E-state index in [9.17, 15) is 32.8 Å². The molecule has 19 heteroatoms. The fourth-order valence-corrected chi connectivity index (χ4v) is 13.4. The third-order valence-corrected chi connectivity index (χ3v) is 17.3. The Labute approximate surface area is 468 Å². The van der Waals surface area contributed by atoms with Crippen LogP contribution in [0.25, 0.3) is 0 Å². The number of pyridine rings is 4. The van der Waals surface area contributed by atoms with Crippen molar-refractivity contribution in [3.05, 3.63) is 225 Å². The van der Waals surface area contributed by atoms with Gasteiger partial charge in [0.15, 0.2) is 11.6 Å². The van der Waals surface area contributed by atoms with Crippen LogP contribution >= 0.6 is 0 Å². The first kappa shape index (κ1) is 51.6. The summed E-state index contributed by atoms with van der Waals surface area (Å²) < 4.78 is 34.6. The number of fused-ring (bicyclic) bond motifs is 10. The number of nitrogen functional groups attached to an aromatic ring is 1. The van der Waals surface area contributed by atoms with E-state index in [2.05, 4.69) is 46.2 Å². The van der Waals surface area contributed by atoms with Gasteiger partial charge in [0.05, 0.1) is 27.6 Å². The largest absolute Gasteiger partial charge is 0.439 e. The lowest BCUT2D eigenvalue weighted by atomic mass is 9.79. The summed E-state index contributed by atoms with van der Waals surface area (Å²) in [4.78, 5) is 82.3. The molecule has 4 aromatic carbocycles. The molecule has 7 heterocycles. The monoisotopic (exact) mass is 1100 g/mol. The normalized spacial score (nSPS) is 23.2. The van der Waals surface area contributed by atoms with Gasteiger partial charge < -0.3 is 32.2 Å². The van der Waals surface area contributed by atoms with Gasteiger partial charge in [-0.1, -0.05) is 54.6 Å². The van der Waals surface area contributed by atoms with Gasteiger partial charge in [-0.25, -0.2) is 33.3 Å². The van der Waals surface area contributed by atoms with Gasteiger partial charge in [-0.2, -0.15) is 4.99 Å². The SMILES string of the molecule is N[C@@H]1c2cccnc2[C@H](OC(=O)Nc2ccc3c(c2)CC2(C3)C(=O)Nc3ncccc32)CC[C@H]1c1cccc(F)c1F.Nc1ccc2c(c1)CC1(C2)C(=O)Nc2ncccc21.O=C=Nc1ccc2c(c1)CC1(C2)C(=O)Nc2ncccc21. The molecular formula is C63H51F2N11O6. The molecule has 3 spiro atoms. The lowest BCUT2D eigenvalue weighted by Gasteiger charge is -2.23. The molecule has 15 rings (SSSR count). The smallest absolute Gasteiger partial charge is 0.412 e. The lowest BCUT2D eigenvalue weighted by molar-refractivity contribution is -0.121. The van der Waals surface area contributed by atoms with Crippen LogP contribution in [0.3, 0.4) is 0 Å². The van der Waals surface area contributed by atoms with Crippen LogP contribution in [0.4, 0.5) is 48.1 Å². The van der Waals surface area contributed by atoms with E-state index >= 15 is 0 Å². The Bertz CT molecular complexity index is 4060. The molecule has 0 fully saturated rings. The minimum atomic E-state index is -0.933. The average molecular weight is 1100 g/mol. The summed E-state index contributed by atoms with van der Waals surface area (Å²) in [6, 6.07) is 35.4. The van der Waals surface area contributed by atoms with Crippen LogP contribution in [0, 0.1) is 11.6 Å². The summed E-state index contributed by atoms with van der Waals surface area (Å²) in [6.07, 6.45) is 11.2. The number of nitrogens with one attached hydrogen (secondary N) is 4. The number of rotatable bonds is 4. The molecule has 0 saturated carbocycles. The van der Waals surface area contributed by atoms with E-state index in [0.29, 0.717) is 85.0 Å². The Hall–Kier alpha value is -9.84. The van der Waals surface area contributed by atoms with Gasteiger partial charge >= 0.3 is 6.09 Å². The number of amides is 4. The number of carbonyl (C=O) groups excluding carboxylic acids is 5.